The smallest absolute Gasteiger partial charge is 0.308 e. The van der Waals surface area contributed by atoms with Gasteiger partial charge in [0.1, 0.15) is 0 Å². The van der Waals surface area contributed by atoms with Gasteiger partial charge in [-0.3, -0.25) is 4.79 Å². The van der Waals surface area contributed by atoms with Crippen LogP contribution in [0.25, 0.3) is 0 Å². The first-order valence-electron chi connectivity index (χ1n) is 11.4. The molecule has 150 valence electrons. The molecule has 25 heavy (non-hydrogen) atoms. The number of carbonyl (C=O) groups excluding carboxylic acids is 1. The van der Waals surface area contributed by atoms with Crippen molar-refractivity contribution in [2.75, 3.05) is 6.61 Å². The van der Waals surface area contributed by atoms with E-state index in [1.165, 1.54) is 83.5 Å². The summed E-state index contributed by atoms with van der Waals surface area (Å²) in [4.78, 5) is 11.8. The fraction of sp³-hybridized carbons (Fsp3) is 0.957. The number of hydrogen-bond donors (Lipinski definition) is 0. The molecule has 0 amide bonds. The van der Waals surface area contributed by atoms with Gasteiger partial charge in [-0.05, 0) is 12.8 Å². The standard InChI is InChI=1S/C23H46O2/c1-4-6-8-9-10-11-12-13-14-15-16-17-18-19-21-25-23(24)22(3)20-7-5-2/h22H,4-21H2,1-3H3. The van der Waals surface area contributed by atoms with Crippen molar-refractivity contribution in [3.8, 4) is 0 Å². The van der Waals surface area contributed by atoms with Crippen LogP contribution in [0.2, 0.25) is 0 Å². The van der Waals surface area contributed by atoms with Gasteiger partial charge in [0, 0.05) is 0 Å². The molecule has 0 saturated carbocycles. The van der Waals surface area contributed by atoms with E-state index in [9.17, 15) is 4.79 Å². The van der Waals surface area contributed by atoms with E-state index in [2.05, 4.69) is 13.8 Å². The second kappa shape index (κ2) is 19.8. The zero-order chi connectivity index (χ0) is 18.6. The topological polar surface area (TPSA) is 26.3 Å². The predicted octanol–water partition coefficient (Wildman–Crippen LogP) is 7.84. The number of esters is 1. The summed E-state index contributed by atoms with van der Waals surface area (Å²) in [5, 5.41) is 0. The van der Waals surface area contributed by atoms with E-state index >= 15 is 0 Å². The van der Waals surface area contributed by atoms with Gasteiger partial charge in [-0.2, -0.15) is 0 Å². The van der Waals surface area contributed by atoms with Crippen molar-refractivity contribution in [2.45, 2.75) is 130 Å². The molecule has 0 N–H and O–H groups in total. The van der Waals surface area contributed by atoms with Crippen LogP contribution in [0.15, 0.2) is 0 Å². The highest BCUT2D eigenvalue weighted by atomic mass is 16.5. The molecule has 0 fully saturated rings. The Labute approximate surface area is 158 Å². The summed E-state index contributed by atoms with van der Waals surface area (Å²) in [6.07, 6.45) is 22.2. The maximum atomic E-state index is 11.8. The van der Waals surface area contributed by atoms with E-state index in [4.69, 9.17) is 4.74 Å². The minimum Gasteiger partial charge on any atom is -0.465 e. The minimum atomic E-state index is 0.00291. The van der Waals surface area contributed by atoms with Crippen LogP contribution >= 0.6 is 0 Å². The van der Waals surface area contributed by atoms with Crippen molar-refractivity contribution in [1.82, 2.24) is 0 Å². The van der Waals surface area contributed by atoms with Crippen molar-refractivity contribution in [3.05, 3.63) is 0 Å². The van der Waals surface area contributed by atoms with Crippen LogP contribution in [-0.2, 0) is 9.53 Å². The Hall–Kier alpha value is -0.530. The lowest BCUT2D eigenvalue weighted by Gasteiger charge is -2.10. The summed E-state index contributed by atoms with van der Waals surface area (Å²) in [6.45, 7) is 7.05. The van der Waals surface area contributed by atoms with E-state index in [0.717, 1.165) is 25.7 Å². The average Bonchev–Trinajstić information content (AvgIpc) is 2.62. The molecule has 0 aliphatic rings. The van der Waals surface area contributed by atoms with Gasteiger partial charge >= 0.3 is 5.97 Å². The van der Waals surface area contributed by atoms with Gasteiger partial charge in [-0.15, -0.1) is 0 Å². The number of hydrogen-bond acceptors (Lipinski definition) is 2. The third-order valence-corrected chi connectivity index (χ3v) is 5.14. The molecule has 0 heterocycles. The van der Waals surface area contributed by atoms with Crippen LogP contribution in [0.4, 0.5) is 0 Å². The molecule has 0 spiro atoms. The zero-order valence-corrected chi connectivity index (χ0v) is 17.6. The summed E-state index contributed by atoms with van der Waals surface area (Å²) >= 11 is 0. The van der Waals surface area contributed by atoms with Crippen LogP contribution in [0.3, 0.4) is 0 Å². The number of ether oxygens (including phenoxy) is 1. The highest BCUT2D eigenvalue weighted by Gasteiger charge is 2.12. The molecule has 1 atom stereocenters. The molecule has 0 aromatic carbocycles. The number of rotatable bonds is 19. The largest absolute Gasteiger partial charge is 0.465 e. The third-order valence-electron chi connectivity index (χ3n) is 5.14. The first-order valence-corrected chi connectivity index (χ1v) is 11.4. The van der Waals surface area contributed by atoms with Crippen LogP contribution in [0, 0.1) is 5.92 Å². The van der Waals surface area contributed by atoms with E-state index in [-0.39, 0.29) is 11.9 Å². The maximum Gasteiger partial charge on any atom is 0.308 e. The number of unbranched alkanes of at least 4 members (excludes halogenated alkanes) is 14. The van der Waals surface area contributed by atoms with Crippen LogP contribution < -0.4 is 0 Å². The lowest BCUT2D eigenvalue weighted by atomic mass is 10.0. The second-order valence-corrected chi connectivity index (χ2v) is 7.81. The quantitative estimate of drug-likeness (QED) is 0.174. The lowest BCUT2D eigenvalue weighted by Crippen LogP contribution is -2.15. The van der Waals surface area contributed by atoms with Crippen molar-refractivity contribution in [2.24, 2.45) is 5.92 Å². The summed E-state index contributed by atoms with van der Waals surface area (Å²) in [5.41, 5.74) is 0. The molecule has 2 heteroatoms. The van der Waals surface area contributed by atoms with Gasteiger partial charge < -0.3 is 4.74 Å². The Kier molecular flexibility index (Phi) is 19.4. The van der Waals surface area contributed by atoms with Crippen LogP contribution in [0.1, 0.15) is 130 Å². The Morgan fingerprint density at radius 3 is 1.48 bits per heavy atom. The summed E-state index contributed by atoms with van der Waals surface area (Å²) in [7, 11) is 0. The molecular weight excluding hydrogens is 308 g/mol. The third kappa shape index (κ3) is 18.1. The van der Waals surface area contributed by atoms with Gasteiger partial charge in [-0.1, -0.05) is 117 Å². The molecule has 2 nitrogen and oxygen atoms in total. The molecular formula is C23H46O2. The highest BCUT2D eigenvalue weighted by Crippen LogP contribution is 2.13. The summed E-state index contributed by atoms with van der Waals surface area (Å²) < 4.78 is 5.37. The molecule has 0 saturated heterocycles. The van der Waals surface area contributed by atoms with E-state index < -0.39 is 0 Å². The number of carbonyl (C=O) groups is 1. The van der Waals surface area contributed by atoms with Gasteiger partial charge in [-0.25, -0.2) is 0 Å². The highest BCUT2D eigenvalue weighted by molar-refractivity contribution is 5.71. The maximum absolute atomic E-state index is 11.8. The molecule has 0 aromatic rings. The minimum absolute atomic E-state index is 0.00291. The molecule has 0 rings (SSSR count). The fourth-order valence-electron chi connectivity index (χ4n) is 3.24. The van der Waals surface area contributed by atoms with E-state index in [1.54, 1.807) is 0 Å². The average molecular weight is 355 g/mol. The first-order chi connectivity index (χ1) is 12.2. The SMILES string of the molecule is CCCCCCCCCCCCCCCCOC(=O)C(C)CCCC. The molecule has 0 radical (unpaired) electrons. The van der Waals surface area contributed by atoms with E-state index in [0.29, 0.717) is 6.61 Å². The van der Waals surface area contributed by atoms with Gasteiger partial charge in [0.2, 0.25) is 0 Å². The van der Waals surface area contributed by atoms with Crippen LogP contribution in [0.5, 0.6) is 0 Å². The summed E-state index contributed by atoms with van der Waals surface area (Å²) in [6, 6.07) is 0. The molecule has 0 aromatic heterocycles. The van der Waals surface area contributed by atoms with Crippen LogP contribution in [-0.4, -0.2) is 12.6 Å². The van der Waals surface area contributed by atoms with Gasteiger partial charge in [0.15, 0.2) is 0 Å². The first kappa shape index (κ1) is 24.5. The molecule has 0 aliphatic heterocycles. The predicted molar refractivity (Wildman–Crippen MR) is 110 cm³/mol. The van der Waals surface area contributed by atoms with E-state index in [1.807, 2.05) is 6.92 Å². The monoisotopic (exact) mass is 354 g/mol. The Morgan fingerprint density at radius 2 is 1.04 bits per heavy atom. The zero-order valence-electron chi connectivity index (χ0n) is 17.6. The van der Waals surface area contributed by atoms with Crippen molar-refractivity contribution < 1.29 is 9.53 Å². The molecule has 0 bridgehead atoms. The second-order valence-electron chi connectivity index (χ2n) is 7.81. The van der Waals surface area contributed by atoms with Crippen molar-refractivity contribution in [1.29, 1.82) is 0 Å². The fourth-order valence-corrected chi connectivity index (χ4v) is 3.24. The Morgan fingerprint density at radius 1 is 0.640 bits per heavy atom. The molecule has 0 aliphatic carbocycles. The van der Waals surface area contributed by atoms with Gasteiger partial charge in [0.25, 0.3) is 0 Å². The van der Waals surface area contributed by atoms with Gasteiger partial charge in [0.05, 0.1) is 12.5 Å². The van der Waals surface area contributed by atoms with Crippen molar-refractivity contribution in [3.63, 3.8) is 0 Å². The summed E-state index contributed by atoms with van der Waals surface area (Å²) in [5.74, 6) is 0.0785. The Balaban J connectivity index is 3.17. The Bertz CT molecular complexity index is 275. The normalized spacial score (nSPS) is 12.3. The lowest BCUT2D eigenvalue weighted by molar-refractivity contribution is -0.148. The molecule has 1 unspecified atom stereocenters. The van der Waals surface area contributed by atoms with Crippen molar-refractivity contribution >= 4 is 5.97 Å².